The van der Waals surface area contributed by atoms with Gasteiger partial charge in [-0.05, 0) is 75.4 Å². The molecule has 8 nitrogen and oxygen atoms in total. The molecule has 0 bridgehead atoms. The minimum atomic E-state index is -3.75. The van der Waals surface area contributed by atoms with Crippen LogP contribution in [0.1, 0.15) is 31.1 Å². The number of carbonyl (C=O) groups is 1. The van der Waals surface area contributed by atoms with Gasteiger partial charge in [0, 0.05) is 22.5 Å². The number of anilines is 2. The topological polar surface area (TPSA) is 121 Å². The summed E-state index contributed by atoms with van der Waals surface area (Å²) in [5.74, 6) is -0.467. The van der Waals surface area contributed by atoms with Crippen molar-refractivity contribution in [2.45, 2.75) is 36.1 Å². The molecule has 3 rings (SSSR count). The van der Waals surface area contributed by atoms with Crippen LogP contribution in [0.4, 0.5) is 11.4 Å². The number of nitrogens with one attached hydrogen (secondary N) is 3. The lowest BCUT2D eigenvalue weighted by molar-refractivity contribution is 0.102. The summed E-state index contributed by atoms with van der Waals surface area (Å²) in [6, 6.07) is 19.8. The predicted octanol–water partition coefficient (Wildman–Crippen LogP) is 3.82. The zero-order valence-corrected chi connectivity index (χ0v) is 20.0. The highest BCUT2D eigenvalue weighted by Gasteiger charge is 2.22. The van der Waals surface area contributed by atoms with Gasteiger partial charge < -0.3 is 5.32 Å². The van der Waals surface area contributed by atoms with Crippen molar-refractivity contribution >= 4 is 37.3 Å². The zero-order valence-electron chi connectivity index (χ0n) is 18.4. The molecule has 0 aliphatic carbocycles. The van der Waals surface area contributed by atoms with Crippen LogP contribution in [0, 0.1) is 0 Å². The maximum absolute atomic E-state index is 12.6. The first-order valence-electron chi connectivity index (χ1n) is 9.99. The molecule has 0 unspecified atom stereocenters. The van der Waals surface area contributed by atoms with E-state index in [0.717, 1.165) is 0 Å². The molecular formula is C23H25N3O5S2. The normalized spacial score (nSPS) is 12.2. The maximum Gasteiger partial charge on any atom is 0.261 e. The van der Waals surface area contributed by atoms with Crippen molar-refractivity contribution in [2.75, 3.05) is 10.0 Å². The third-order valence-electron chi connectivity index (χ3n) is 4.30. The fraction of sp³-hybridized carbons (Fsp3) is 0.174. The first-order chi connectivity index (χ1) is 15.4. The van der Waals surface area contributed by atoms with Gasteiger partial charge >= 0.3 is 0 Å². The lowest BCUT2D eigenvalue weighted by Gasteiger charge is -2.20. The SMILES string of the molecule is CC(C)(C)NS(=O)(=O)c1cccc(NC(=O)c2ccc(NS(=O)(=O)c3ccccc3)cc2)c1. The second kappa shape index (κ2) is 9.34. The van der Waals surface area contributed by atoms with Gasteiger partial charge in [0.25, 0.3) is 15.9 Å². The summed E-state index contributed by atoms with van der Waals surface area (Å²) in [4.78, 5) is 12.8. The highest BCUT2D eigenvalue weighted by Crippen LogP contribution is 2.20. The largest absolute Gasteiger partial charge is 0.322 e. The van der Waals surface area contributed by atoms with Gasteiger partial charge in [0.1, 0.15) is 0 Å². The highest BCUT2D eigenvalue weighted by molar-refractivity contribution is 7.92. The summed E-state index contributed by atoms with van der Waals surface area (Å²) >= 11 is 0. The van der Waals surface area contributed by atoms with Gasteiger partial charge in [-0.3, -0.25) is 9.52 Å². The van der Waals surface area contributed by atoms with Gasteiger partial charge in [0.05, 0.1) is 9.79 Å². The molecule has 0 spiro atoms. The van der Waals surface area contributed by atoms with Gasteiger partial charge in [0.15, 0.2) is 0 Å². The van der Waals surface area contributed by atoms with E-state index in [1.54, 1.807) is 45.0 Å². The van der Waals surface area contributed by atoms with Crippen LogP contribution in [0.5, 0.6) is 0 Å². The predicted molar refractivity (Wildman–Crippen MR) is 128 cm³/mol. The molecular weight excluding hydrogens is 462 g/mol. The molecule has 0 saturated carbocycles. The first kappa shape index (κ1) is 24.4. The van der Waals surface area contributed by atoms with Crippen LogP contribution in [0.25, 0.3) is 0 Å². The van der Waals surface area contributed by atoms with Gasteiger partial charge in [-0.1, -0.05) is 24.3 Å². The van der Waals surface area contributed by atoms with Crippen LogP contribution in [-0.2, 0) is 20.0 Å². The number of carbonyl (C=O) groups excluding carboxylic acids is 1. The van der Waals surface area contributed by atoms with E-state index in [1.807, 2.05) is 0 Å². The minimum absolute atomic E-state index is 0.0286. The van der Waals surface area contributed by atoms with E-state index < -0.39 is 31.5 Å². The molecule has 0 aliphatic rings. The van der Waals surface area contributed by atoms with Crippen LogP contribution in [0.15, 0.2) is 88.7 Å². The van der Waals surface area contributed by atoms with Gasteiger partial charge in [-0.2, -0.15) is 0 Å². The third-order valence-corrected chi connectivity index (χ3v) is 7.45. The average Bonchev–Trinajstić information content (AvgIpc) is 2.73. The van der Waals surface area contributed by atoms with E-state index in [9.17, 15) is 21.6 Å². The zero-order chi connectivity index (χ0) is 24.3. The van der Waals surface area contributed by atoms with Crippen molar-refractivity contribution in [3.8, 4) is 0 Å². The molecule has 0 heterocycles. The number of rotatable bonds is 7. The van der Waals surface area contributed by atoms with Crippen molar-refractivity contribution in [1.82, 2.24) is 4.72 Å². The molecule has 10 heteroatoms. The van der Waals surface area contributed by atoms with Crippen LogP contribution in [0.2, 0.25) is 0 Å². The van der Waals surface area contributed by atoms with Crippen molar-refractivity contribution in [3.63, 3.8) is 0 Å². The molecule has 0 aliphatic heterocycles. The molecule has 0 fully saturated rings. The molecule has 3 N–H and O–H groups in total. The average molecular weight is 488 g/mol. The Bertz CT molecular complexity index is 1350. The molecule has 1 amide bonds. The highest BCUT2D eigenvalue weighted by atomic mass is 32.2. The van der Waals surface area contributed by atoms with Gasteiger partial charge in [-0.15, -0.1) is 0 Å². The van der Waals surface area contributed by atoms with E-state index in [-0.39, 0.29) is 15.4 Å². The quantitative estimate of drug-likeness (QED) is 0.468. The molecule has 33 heavy (non-hydrogen) atoms. The number of hydrogen-bond acceptors (Lipinski definition) is 5. The van der Waals surface area contributed by atoms with E-state index in [1.165, 1.54) is 54.6 Å². The van der Waals surface area contributed by atoms with Gasteiger partial charge in [0.2, 0.25) is 10.0 Å². The molecule has 0 atom stereocenters. The van der Waals surface area contributed by atoms with Crippen LogP contribution < -0.4 is 14.8 Å². The fourth-order valence-corrected chi connectivity index (χ4v) is 5.45. The fourth-order valence-electron chi connectivity index (χ4n) is 2.91. The smallest absolute Gasteiger partial charge is 0.261 e. The number of benzene rings is 3. The summed E-state index contributed by atoms with van der Waals surface area (Å²) < 4.78 is 54.9. The Kier molecular flexibility index (Phi) is 6.92. The van der Waals surface area contributed by atoms with Crippen molar-refractivity contribution in [2.24, 2.45) is 0 Å². The lowest BCUT2D eigenvalue weighted by Crippen LogP contribution is -2.40. The van der Waals surface area contributed by atoms with Crippen molar-refractivity contribution in [3.05, 3.63) is 84.4 Å². The molecule has 0 saturated heterocycles. The summed E-state index contributed by atoms with van der Waals surface area (Å²) in [6.45, 7) is 5.21. The minimum Gasteiger partial charge on any atom is -0.322 e. The molecule has 0 radical (unpaired) electrons. The lowest BCUT2D eigenvalue weighted by atomic mass is 10.1. The number of sulfonamides is 2. The summed E-state index contributed by atoms with van der Waals surface area (Å²) in [6.07, 6.45) is 0. The van der Waals surface area contributed by atoms with Crippen molar-refractivity contribution < 1.29 is 21.6 Å². The number of hydrogen-bond donors (Lipinski definition) is 3. The second-order valence-electron chi connectivity index (χ2n) is 8.33. The summed E-state index contributed by atoms with van der Waals surface area (Å²) in [5, 5.41) is 2.66. The Morgan fingerprint density at radius 3 is 1.91 bits per heavy atom. The Morgan fingerprint density at radius 2 is 1.30 bits per heavy atom. The summed E-state index contributed by atoms with van der Waals surface area (Å²) in [7, 11) is -7.49. The standard InChI is InChI=1S/C23H25N3O5S2/c1-23(2,3)26-33(30,31)21-11-7-8-19(16-21)24-22(27)17-12-14-18(15-13-17)25-32(28,29)20-9-5-4-6-10-20/h4-16,25-26H,1-3H3,(H,24,27). The van der Waals surface area contributed by atoms with Crippen LogP contribution in [0.3, 0.4) is 0 Å². The van der Waals surface area contributed by atoms with Gasteiger partial charge in [-0.25, -0.2) is 21.6 Å². The van der Waals surface area contributed by atoms with Crippen LogP contribution >= 0.6 is 0 Å². The van der Waals surface area contributed by atoms with E-state index in [4.69, 9.17) is 0 Å². The second-order valence-corrected chi connectivity index (χ2v) is 11.7. The van der Waals surface area contributed by atoms with E-state index in [0.29, 0.717) is 11.4 Å². The summed E-state index contributed by atoms with van der Waals surface area (Å²) in [5.41, 5.74) is 0.239. The Balaban J connectivity index is 1.72. The number of amides is 1. The Hall–Kier alpha value is -3.21. The van der Waals surface area contributed by atoms with E-state index in [2.05, 4.69) is 14.8 Å². The Morgan fingerprint density at radius 1 is 0.697 bits per heavy atom. The maximum atomic E-state index is 12.6. The molecule has 3 aromatic carbocycles. The molecule has 174 valence electrons. The van der Waals surface area contributed by atoms with Crippen LogP contribution in [-0.4, -0.2) is 28.3 Å². The third kappa shape index (κ3) is 6.64. The Labute approximate surface area is 194 Å². The molecule has 0 aromatic heterocycles. The van der Waals surface area contributed by atoms with E-state index >= 15 is 0 Å². The monoisotopic (exact) mass is 487 g/mol. The first-order valence-corrected chi connectivity index (χ1v) is 13.0. The molecule has 3 aromatic rings. The van der Waals surface area contributed by atoms with Crippen molar-refractivity contribution in [1.29, 1.82) is 0 Å².